The third kappa shape index (κ3) is 1.71. The van der Waals surface area contributed by atoms with Gasteiger partial charge in [0, 0.05) is 0 Å². The minimum absolute atomic E-state index is 0.436. The van der Waals surface area contributed by atoms with Crippen LogP contribution in [0.1, 0.15) is 0 Å². The molecule has 1 aromatic carbocycles. The maximum absolute atomic E-state index is 5.71. The fourth-order valence-corrected chi connectivity index (χ4v) is 1.76. The Morgan fingerprint density at radius 3 is 2.79 bits per heavy atom. The number of rotatable bonds is 2. The first-order valence-electron chi connectivity index (χ1n) is 3.94. The molecular weight excluding hydrogens is 220 g/mol. The number of halogens is 1. The fraction of sp³-hybridized carbons (Fsp3) is 0.111. The summed E-state index contributed by atoms with van der Waals surface area (Å²) in [6, 6.07) is 7.57. The fourth-order valence-electron chi connectivity index (χ4n) is 1.14. The number of hydrogen-bond donors (Lipinski definition) is 0. The van der Waals surface area contributed by atoms with Crippen LogP contribution in [0.2, 0.25) is 4.47 Å². The van der Waals surface area contributed by atoms with Crippen LogP contribution in [-0.4, -0.2) is 16.5 Å². The topological polar surface area (TPSA) is 35.0 Å². The van der Waals surface area contributed by atoms with Crippen LogP contribution >= 0.6 is 23.1 Å². The van der Waals surface area contributed by atoms with Crippen LogP contribution in [0.3, 0.4) is 0 Å². The average Bonchev–Trinajstić information content (AvgIpc) is 2.65. The van der Waals surface area contributed by atoms with Crippen LogP contribution in [0.15, 0.2) is 24.3 Å². The Kier molecular flexibility index (Phi) is 2.65. The summed E-state index contributed by atoms with van der Waals surface area (Å²) in [5, 5.41) is 0. The lowest BCUT2D eigenvalue weighted by Crippen LogP contribution is -1.88. The third-order valence-corrected chi connectivity index (χ3v) is 2.55. The molecule has 0 radical (unpaired) electrons. The van der Waals surface area contributed by atoms with E-state index in [1.54, 1.807) is 7.11 Å². The van der Waals surface area contributed by atoms with Crippen LogP contribution < -0.4 is 4.74 Å². The van der Waals surface area contributed by atoms with Crippen LogP contribution in [0.4, 0.5) is 0 Å². The molecule has 0 saturated carbocycles. The van der Waals surface area contributed by atoms with E-state index in [9.17, 15) is 0 Å². The summed E-state index contributed by atoms with van der Waals surface area (Å²) in [4.78, 5) is 4.08. The first kappa shape index (κ1) is 9.43. The van der Waals surface area contributed by atoms with E-state index in [0.717, 1.165) is 11.3 Å². The van der Waals surface area contributed by atoms with Gasteiger partial charge >= 0.3 is 0 Å². The molecule has 1 aromatic heterocycles. The molecule has 2 rings (SSSR count). The summed E-state index contributed by atoms with van der Waals surface area (Å²) in [6.07, 6.45) is 0. The first-order valence-corrected chi connectivity index (χ1v) is 5.09. The average molecular weight is 227 g/mol. The Labute approximate surface area is 90.5 Å². The van der Waals surface area contributed by atoms with Crippen molar-refractivity contribution in [3.63, 3.8) is 0 Å². The van der Waals surface area contributed by atoms with E-state index in [4.69, 9.17) is 16.3 Å². The summed E-state index contributed by atoms with van der Waals surface area (Å²) in [5.41, 5.74) is 0.859. The number of methoxy groups -OCH3 is 1. The van der Waals surface area contributed by atoms with E-state index in [0.29, 0.717) is 10.3 Å². The summed E-state index contributed by atoms with van der Waals surface area (Å²) in [7, 11) is 1.62. The first-order chi connectivity index (χ1) is 6.81. The summed E-state index contributed by atoms with van der Waals surface area (Å²) in [5.74, 6) is 1.36. The van der Waals surface area contributed by atoms with E-state index >= 15 is 0 Å². The largest absolute Gasteiger partial charge is 0.496 e. The van der Waals surface area contributed by atoms with Gasteiger partial charge in [-0.25, -0.2) is 4.98 Å². The second-order valence-corrected chi connectivity index (χ2v) is 3.91. The lowest BCUT2D eigenvalue weighted by molar-refractivity contribution is 0.416. The lowest BCUT2D eigenvalue weighted by Gasteiger charge is -2.03. The highest BCUT2D eigenvalue weighted by Gasteiger charge is 2.09. The highest BCUT2D eigenvalue weighted by atomic mass is 35.5. The van der Waals surface area contributed by atoms with Crippen molar-refractivity contribution >= 4 is 23.1 Å². The Morgan fingerprint density at radius 1 is 1.36 bits per heavy atom. The molecule has 0 atom stereocenters. The highest BCUT2D eigenvalue weighted by Crippen LogP contribution is 2.28. The van der Waals surface area contributed by atoms with Crippen molar-refractivity contribution in [1.29, 1.82) is 0 Å². The molecule has 0 aliphatic rings. The van der Waals surface area contributed by atoms with E-state index in [1.165, 1.54) is 11.5 Å². The molecule has 0 saturated heterocycles. The molecule has 0 aliphatic heterocycles. The van der Waals surface area contributed by atoms with Gasteiger partial charge in [-0.3, -0.25) is 0 Å². The molecule has 0 aliphatic carbocycles. The maximum atomic E-state index is 5.71. The smallest absolute Gasteiger partial charge is 0.203 e. The zero-order chi connectivity index (χ0) is 9.97. The maximum Gasteiger partial charge on any atom is 0.203 e. The number of nitrogens with zero attached hydrogens (tertiary/aromatic N) is 2. The van der Waals surface area contributed by atoms with Crippen molar-refractivity contribution in [2.45, 2.75) is 0 Å². The Bertz CT molecular complexity index is 444. The molecule has 0 amide bonds. The number of hydrogen-bond acceptors (Lipinski definition) is 4. The molecular formula is C9H7ClN2OS. The number of aromatic nitrogens is 2. The number of benzene rings is 1. The standard InChI is InChI=1S/C9H7ClN2OS/c1-13-7-5-3-2-4-6(7)8-11-9(10)14-12-8/h2-5H,1H3. The van der Waals surface area contributed by atoms with E-state index in [2.05, 4.69) is 9.36 Å². The monoisotopic (exact) mass is 226 g/mol. The second-order valence-electron chi connectivity index (χ2n) is 2.57. The number of para-hydroxylation sites is 1. The Balaban J connectivity index is 2.50. The van der Waals surface area contributed by atoms with Gasteiger partial charge in [0.25, 0.3) is 0 Å². The third-order valence-electron chi connectivity index (χ3n) is 1.75. The molecule has 0 N–H and O–H groups in total. The van der Waals surface area contributed by atoms with E-state index in [1.807, 2.05) is 24.3 Å². The molecule has 3 nitrogen and oxygen atoms in total. The van der Waals surface area contributed by atoms with Crippen LogP contribution in [0, 0.1) is 0 Å². The molecule has 0 fully saturated rings. The van der Waals surface area contributed by atoms with Gasteiger partial charge in [-0.15, -0.1) is 0 Å². The quantitative estimate of drug-likeness (QED) is 0.790. The van der Waals surface area contributed by atoms with Gasteiger partial charge in [0.2, 0.25) is 4.47 Å². The van der Waals surface area contributed by atoms with Gasteiger partial charge in [-0.05, 0) is 35.3 Å². The van der Waals surface area contributed by atoms with Crippen molar-refractivity contribution in [1.82, 2.24) is 9.36 Å². The van der Waals surface area contributed by atoms with Crippen molar-refractivity contribution < 1.29 is 4.74 Å². The Morgan fingerprint density at radius 2 is 2.14 bits per heavy atom. The van der Waals surface area contributed by atoms with Crippen LogP contribution in [-0.2, 0) is 0 Å². The van der Waals surface area contributed by atoms with Gasteiger partial charge in [0.05, 0.1) is 12.7 Å². The number of ether oxygens (including phenoxy) is 1. The minimum Gasteiger partial charge on any atom is -0.496 e. The zero-order valence-electron chi connectivity index (χ0n) is 7.40. The van der Waals surface area contributed by atoms with Crippen LogP contribution in [0.5, 0.6) is 5.75 Å². The van der Waals surface area contributed by atoms with Gasteiger partial charge in [-0.2, -0.15) is 4.37 Å². The molecule has 0 bridgehead atoms. The van der Waals surface area contributed by atoms with Crippen LogP contribution in [0.25, 0.3) is 11.4 Å². The minimum atomic E-state index is 0.436. The summed E-state index contributed by atoms with van der Waals surface area (Å²) < 4.78 is 9.74. The molecule has 2 aromatic rings. The summed E-state index contributed by atoms with van der Waals surface area (Å²) >= 11 is 6.88. The molecule has 14 heavy (non-hydrogen) atoms. The van der Waals surface area contributed by atoms with E-state index in [-0.39, 0.29) is 0 Å². The zero-order valence-corrected chi connectivity index (χ0v) is 8.97. The van der Waals surface area contributed by atoms with Gasteiger partial charge in [0.15, 0.2) is 5.82 Å². The second kappa shape index (κ2) is 3.94. The molecule has 0 spiro atoms. The van der Waals surface area contributed by atoms with Crippen molar-refractivity contribution in [3.8, 4) is 17.1 Å². The normalized spacial score (nSPS) is 10.1. The lowest BCUT2D eigenvalue weighted by atomic mass is 10.2. The van der Waals surface area contributed by atoms with Gasteiger partial charge < -0.3 is 4.74 Å². The Hall–Kier alpha value is -1.13. The SMILES string of the molecule is COc1ccccc1-c1nsc(Cl)n1. The molecule has 0 unspecified atom stereocenters. The molecule has 5 heteroatoms. The predicted molar refractivity (Wildman–Crippen MR) is 56.9 cm³/mol. The highest BCUT2D eigenvalue weighted by molar-refractivity contribution is 7.10. The van der Waals surface area contributed by atoms with Crippen molar-refractivity contribution in [2.75, 3.05) is 7.11 Å². The predicted octanol–water partition coefficient (Wildman–Crippen LogP) is 2.87. The molecule has 1 heterocycles. The van der Waals surface area contributed by atoms with Gasteiger partial charge in [0.1, 0.15) is 5.75 Å². The van der Waals surface area contributed by atoms with Crippen molar-refractivity contribution in [3.05, 3.63) is 28.7 Å². The van der Waals surface area contributed by atoms with Crippen molar-refractivity contribution in [2.24, 2.45) is 0 Å². The van der Waals surface area contributed by atoms with Gasteiger partial charge in [-0.1, -0.05) is 12.1 Å². The summed E-state index contributed by atoms with van der Waals surface area (Å²) in [6.45, 7) is 0. The van der Waals surface area contributed by atoms with E-state index < -0.39 is 0 Å². The molecule has 72 valence electrons.